The maximum Gasteiger partial charge on any atom is 0.187 e. The number of nitrogens with zero attached hydrogens (tertiary/aromatic N) is 2. The van der Waals surface area contributed by atoms with E-state index in [4.69, 9.17) is 0 Å². The molecule has 3 nitrogen and oxygen atoms in total. The number of hydrogen-bond donors (Lipinski definition) is 1. The van der Waals surface area contributed by atoms with E-state index in [2.05, 4.69) is 27.9 Å². The van der Waals surface area contributed by atoms with E-state index < -0.39 is 11.2 Å². The standard InChI is InChI=1S/C19H20F2N3PS/c1-3-5-16-17(12-6-4-9-22-11-12)24-18(26-16)23-13-7-8-15(20)14(10-13)19(2,21)25/h3,6-8,10-11H,1,4-5,9,25H2,2H3,(H,23,24). The normalized spacial score (nSPS) is 16.1. The van der Waals surface area contributed by atoms with Crippen LogP contribution < -0.4 is 5.32 Å². The first-order chi connectivity index (χ1) is 12.4. The Bertz CT molecular complexity index is 881. The van der Waals surface area contributed by atoms with Gasteiger partial charge in [-0.25, -0.2) is 13.8 Å². The first kappa shape index (κ1) is 18.9. The smallest absolute Gasteiger partial charge is 0.187 e. The molecule has 0 aliphatic carbocycles. The SMILES string of the molecule is C=CCc1sc(Nc2ccc(F)c(C(C)(F)P)c2)nc1C1=CCCN=C1. The molecule has 2 aromatic rings. The molecule has 0 fully saturated rings. The molecule has 0 bridgehead atoms. The average Bonchev–Trinajstić information content (AvgIpc) is 2.99. The van der Waals surface area contributed by atoms with Gasteiger partial charge in [0, 0.05) is 40.9 Å². The number of rotatable bonds is 6. The number of thiazole rings is 1. The van der Waals surface area contributed by atoms with Crippen molar-refractivity contribution < 1.29 is 8.78 Å². The maximum atomic E-state index is 14.2. The van der Waals surface area contributed by atoms with Gasteiger partial charge in [0.25, 0.3) is 0 Å². The average molecular weight is 391 g/mol. The summed E-state index contributed by atoms with van der Waals surface area (Å²) in [5.74, 6) is -0.578. The van der Waals surface area contributed by atoms with Crippen LogP contribution in [0.5, 0.6) is 0 Å². The third-order valence-corrected chi connectivity index (χ3v) is 5.20. The summed E-state index contributed by atoms with van der Waals surface area (Å²) in [6.07, 6.45) is 7.39. The fourth-order valence-corrected chi connectivity index (χ4v) is 3.89. The highest BCUT2D eigenvalue weighted by Gasteiger charge is 2.24. The van der Waals surface area contributed by atoms with Gasteiger partial charge in [0.1, 0.15) is 11.2 Å². The van der Waals surface area contributed by atoms with E-state index in [1.54, 1.807) is 6.07 Å². The Morgan fingerprint density at radius 2 is 2.27 bits per heavy atom. The Labute approximate surface area is 158 Å². The minimum atomic E-state index is -1.84. The first-order valence-electron chi connectivity index (χ1n) is 8.24. The third-order valence-electron chi connectivity index (χ3n) is 3.90. The molecule has 1 aromatic carbocycles. The van der Waals surface area contributed by atoms with E-state index in [0.29, 0.717) is 17.2 Å². The van der Waals surface area contributed by atoms with Crippen LogP contribution in [0.4, 0.5) is 19.6 Å². The predicted octanol–water partition coefficient (Wildman–Crippen LogP) is 5.63. The van der Waals surface area contributed by atoms with Crippen molar-refractivity contribution in [2.45, 2.75) is 25.2 Å². The number of anilines is 2. The Balaban J connectivity index is 1.92. The van der Waals surface area contributed by atoms with Crippen molar-refractivity contribution in [3.05, 3.63) is 58.9 Å². The number of benzene rings is 1. The highest BCUT2D eigenvalue weighted by atomic mass is 32.1. The van der Waals surface area contributed by atoms with Crippen molar-refractivity contribution in [3.63, 3.8) is 0 Å². The van der Waals surface area contributed by atoms with Gasteiger partial charge in [-0.1, -0.05) is 21.4 Å². The predicted molar refractivity (Wildman–Crippen MR) is 110 cm³/mol. The summed E-state index contributed by atoms with van der Waals surface area (Å²) in [7, 11) is 2.02. The molecule has 2 atom stereocenters. The molecule has 2 heterocycles. The van der Waals surface area contributed by atoms with Gasteiger partial charge < -0.3 is 5.32 Å². The minimum Gasteiger partial charge on any atom is -0.332 e. The number of hydrogen-bond acceptors (Lipinski definition) is 4. The zero-order valence-corrected chi connectivity index (χ0v) is 16.4. The zero-order valence-electron chi connectivity index (χ0n) is 14.4. The number of dihydropyridines is 1. The molecule has 26 heavy (non-hydrogen) atoms. The number of halogens is 2. The molecule has 1 aliphatic rings. The van der Waals surface area contributed by atoms with E-state index in [1.165, 1.54) is 30.4 Å². The Kier molecular flexibility index (Phi) is 5.64. The number of aromatic nitrogens is 1. The highest BCUT2D eigenvalue weighted by molar-refractivity contribution is 7.18. The summed E-state index contributed by atoms with van der Waals surface area (Å²) < 4.78 is 28.0. The second kappa shape index (κ2) is 7.77. The van der Waals surface area contributed by atoms with Crippen molar-refractivity contribution >= 4 is 43.2 Å². The van der Waals surface area contributed by atoms with E-state index in [1.807, 2.05) is 21.5 Å². The lowest BCUT2D eigenvalue weighted by molar-refractivity contribution is 0.313. The molecule has 0 saturated carbocycles. The highest BCUT2D eigenvalue weighted by Crippen LogP contribution is 2.37. The summed E-state index contributed by atoms with van der Waals surface area (Å²) in [5, 5.41) is 1.99. The van der Waals surface area contributed by atoms with Crippen LogP contribution in [-0.2, 0) is 11.8 Å². The maximum absolute atomic E-state index is 14.2. The van der Waals surface area contributed by atoms with Crippen molar-refractivity contribution in [2.24, 2.45) is 4.99 Å². The number of nitrogens with one attached hydrogen (secondary N) is 1. The molecule has 1 aromatic heterocycles. The molecule has 0 radical (unpaired) electrons. The van der Waals surface area contributed by atoms with Crippen molar-refractivity contribution in [1.29, 1.82) is 0 Å². The van der Waals surface area contributed by atoms with Crippen LogP contribution in [0.1, 0.15) is 29.5 Å². The molecule has 0 spiro atoms. The summed E-state index contributed by atoms with van der Waals surface area (Å²) >= 11 is 1.50. The van der Waals surface area contributed by atoms with Gasteiger partial charge in [0.05, 0.1) is 5.69 Å². The molecule has 7 heteroatoms. The van der Waals surface area contributed by atoms with Crippen LogP contribution in [0.25, 0.3) is 5.57 Å². The number of alkyl halides is 1. The largest absolute Gasteiger partial charge is 0.332 e. The minimum absolute atomic E-state index is 0.0160. The van der Waals surface area contributed by atoms with Crippen LogP contribution in [0.3, 0.4) is 0 Å². The van der Waals surface area contributed by atoms with Crippen molar-refractivity contribution in [3.8, 4) is 0 Å². The van der Waals surface area contributed by atoms with Gasteiger partial charge in [-0.2, -0.15) is 0 Å². The first-order valence-corrected chi connectivity index (χ1v) is 9.63. The Morgan fingerprint density at radius 3 is 2.92 bits per heavy atom. The van der Waals surface area contributed by atoms with Gasteiger partial charge in [-0.15, -0.1) is 17.9 Å². The number of aliphatic imine (C=N–C) groups is 1. The second-order valence-electron chi connectivity index (χ2n) is 6.16. The van der Waals surface area contributed by atoms with Crippen molar-refractivity contribution in [2.75, 3.05) is 11.9 Å². The molecule has 3 rings (SSSR count). The Hall–Kier alpha value is -1.91. The fourth-order valence-electron chi connectivity index (χ4n) is 2.67. The quantitative estimate of drug-likeness (QED) is 0.512. The molecule has 0 saturated heterocycles. The summed E-state index contributed by atoms with van der Waals surface area (Å²) in [6.45, 7) is 5.90. The van der Waals surface area contributed by atoms with Crippen molar-refractivity contribution in [1.82, 2.24) is 4.98 Å². The molecular formula is C19H20F2N3PS. The third kappa shape index (κ3) is 4.25. The fraction of sp³-hybridized carbons (Fsp3) is 0.263. The molecular weight excluding hydrogens is 371 g/mol. The van der Waals surface area contributed by atoms with Gasteiger partial charge in [0.2, 0.25) is 0 Å². The summed E-state index contributed by atoms with van der Waals surface area (Å²) in [4.78, 5) is 10.1. The topological polar surface area (TPSA) is 37.3 Å². The van der Waals surface area contributed by atoms with E-state index in [0.717, 1.165) is 29.1 Å². The van der Waals surface area contributed by atoms with Crippen LogP contribution in [0.15, 0.2) is 41.9 Å². The van der Waals surface area contributed by atoms with Crippen LogP contribution in [-0.4, -0.2) is 17.7 Å². The van der Waals surface area contributed by atoms with Gasteiger partial charge in [-0.3, -0.25) is 4.99 Å². The van der Waals surface area contributed by atoms with E-state index in [-0.39, 0.29) is 5.56 Å². The molecule has 0 amide bonds. The second-order valence-corrected chi connectivity index (χ2v) is 8.33. The lowest BCUT2D eigenvalue weighted by atomic mass is 10.1. The molecule has 1 N–H and O–H groups in total. The van der Waals surface area contributed by atoms with Gasteiger partial charge in [-0.05, 0) is 31.5 Å². The van der Waals surface area contributed by atoms with Gasteiger partial charge >= 0.3 is 0 Å². The zero-order chi connectivity index (χ0) is 18.7. The lowest BCUT2D eigenvalue weighted by Gasteiger charge is -2.16. The molecule has 1 aliphatic heterocycles. The van der Waals surface area contributed by atoms with Crippen LogP contribution >= 0.6 is 20.6 Å². The van der Waals surface area contributed by atoms with Crippen LogP contribution in [0, 0.1) is 5.82 Å². The van der Waals surface area contributed by atoms with Gasteiger partial charge in [0.15, 0.2) is 5.13 Å². The lowest BCUT2D eigenvalue weighted by Crippen LogP contribution is -2.08. The summed E-state index contributed by atoms with van der Waals surface area (Å²) in [5.41, 5.74) is 2.45. The number of allylic oxidation sites excluding steroid dienone is 2. The monoisotopic (exact) mass is 391 g/mol. The van der Waals surface area contributed by atoms with E-state index in [9.17, 15) is 8.78 Å². The molecule has 136 valence electrons. The Morgan fingerprint density at radius 1 is 1.46 bits per heavy atom. The van der Waals surface area contributed by atoms with Crippen LogP contribution in [0.2, 0.25) is 0 Å². The summed E-state index contributed by atoms with van der Waals surface area (Å²) in [6, 6.07) is 4.30. The molecule has 2 unspecified atom stereocenters. The van der Waals surface area contributed by atoms with E-state index >= 15 is 0 Å².